The van der Waals surface area contributed by atoms with Crippen molar-refractivity contribution in [2.24, 2.45) is 5.92 Å². The van der Waals surface area contributed by atoms with Gasteiger partial charge in [-0.2, -0.15) is 4.52 Å². The minimum atomic E-state index is -0.162. The van der Waals surface area contributed by atoms with Crippen LogP contribution in [0.15, 0.2) is 35.1 Å². The third-order valence-corrected chi connectivity index (χ3v) is 5.84. The molecule has 3 heterocycles. The highest BCUT2D eigenvalue weighted by Crippen LogP contribution is 2.28. The van der Waals surface area contributed by atoms with Crippen LogP contribution in [0.4, 0.5) is 5.13 Å². The first-order valence-corrected chi connectivity index (χ1v) is 9.67. The van der Waals surface area contributed by atoms with E-state index < -0.39 is 0 Å². The monoisotopic (exact) mass is 384 g/mol. The van der Waals surface area contributed by atoms with Crippen molar-refractivity contribution in [3.63, 3.8) is 0 Å². The van der Waals surface area contributed by atoms with Gasteiger partial charge in [-0.05, 0) is 44.0 Å². The van der Waals surface area contributed by atoms with E-state index in [0.29, 0.717) is 10.7 Å². The van der Waals surface area contributed by atoms with Gasteiger partial charge in [0.25, 0.3) is 5.56 Å². The van der Waals surface area contributed by atoms with Crippen LogP contribution in [0.3, 0.4) is 0 Å². The predicted molar refractivity (Wildman–Crippen MR) is 104 cm³/mol. The number of anilines is 1. The topological polar surface area (TPSA) is 76.8 Å². The Balaban J connectivity index is 1.46. The maximum Gasteiger partial charge on any atom is 0.275 e. The van der Waals surface area contributed by atoms with E-state index in [1.165, 1.54) is 21.9 Å². The van der Waals surface area contributed by atoms with Gasteiger partial charge in [0.15, 0.2) is 5.78 Å². The van der Waals surface area contributed by atoms with E-state index in [1.807, 2.05) is 24.3 Å². The fraction of sp³-hybridized carbons (Fsp3) is 0.368. The molecule has 7 nitrogen and oxygen atoms in total. The van der Waals surface area contributed by atoms with Crippen LogP contribution in [0, 0.1) is 12.8 Å². The van der Waals surface area contributed by atoms with Crippen molar-refractivity contribution in [3.05, 3.63) is 51.9 Å². The predicted octanol–water partition coefficient (Wildman–Crippen LogP) is 2.57. The first-order valence-electron chi connectivity index (χ1n) is 8.86. The number of aromatic nitrogens is 3. The zero-order valence-corrected chi connectivity index (χ0v) is 16.0. The summed E-state index contributed by atoms with van der Waals surface area (Å²) in [5, 5.41) is 5.19. The van der Waals surface area contributed by atoms with Gasteiger partial charge in [0.2, 0.25) is 10.1 Å². The fourth-order valence-electron chi connectivity index (χ4n) is 3.36. The van der Waals surface area contributed by atoms with Crippen LogP contribution in [-0.2, 0) is 0 Å². The molecular formula is C19H20N4O3S. The van der Waals surface area contributed by atoms with E-state index in [0.717, 1.165) is 42.4 Å². The summed E-state index contributed by atoms with van der Waals surface area (Å²) in [4.78, 5) is 31.9. The summed E-state index contributed by atoms with van der Waals surface area (Å²) in [6.45, 7) is 3.28. The number of ether oxygens (including phenoxy) is 1. The molecule has 0 aliphatic carbocycles. The third-order valence-electron chi connectivity index (χ3n) is 4.87. The summed E-state index contributed by atoms with van der Waals surface area (Å²) in [5.41, 5.74) is 1.25. The highest BCUT2D eigenvalue weighted by molar-refractivity contribution is 7.20. The molecule has 140 valence electrons. The van der Waals surface area contributed by atoms with Crippen LogP contribution in [0.25, 0.3) is 4.96 Å². The summed E-state index contributed by atoms with van der Waals surface area (Å²) in [5.74, 6) is 0.929. The number of benzene rings is 1. The smallest absolute Gasteiger partial charge is 0.275 e. The Bertz CT molecular complexity index is 1030. The SMILES string of the molecule is COc1ccc(C(=O)C2CCN(c3nn4c(=O)cc(C)nc4s3)CC2)cc1. The lowest BCUT2D eigenvalue weighted by Crippen LogP contribution is -2.36. The number of aryl methyl sites for hydroxylation is 1. The molecular weight excluding hydrogens is 364 g/mol. The van der Waals surface area contributed by atoms with Crippen LogP contribution in [0.1, 0.15) is 28.9 Å². The number of carbonyl (C=O) groups is 1. The molecule has 8 heteroatoms. The molecule has 0 atom stereocenters. The van der Waals surface area contributed by atoms with Crippen molar-refractivity contribution in [2.45, 2.75) is 19.8 Å². The van der Waals surface area contributed by atoms with Gasteiger partial charge >= 0.3 is 0 Å². The molecule has 0 bridgehead atoms. The number of rotatable bonds is 4. The van der Waals surface area contributed by atoms with Gasteiger partial charge < -0.3 is 9.64 Å². The molecule has 1 saturated heterocycles. The van der Waals surface area contributed by atoms with Crippen molar-refractivity contribution >= 4 is 27.2 Å². The normalized spacial score (nSPS) is 15.3. The first kappa shape index (κ1) is 17.7. The minimum Gasteiger partial charge on any atom is -0.497 e. The summed E-state index contributed by atoms with van der Waals surface area (Å²) < 4.78 is 6.49. The molecule has 0 saturated carbocycles. The molecule has 0 N–H and O–H groups in total. The van der Waals surface area contributed by atoms with E-state index in [2.05, 4.69) is 15.0 Å². The molecule has 1 fully saturated rings. The zero-order chi connectivity index (χ0) is 19.0. The summed E-state index contributed by atoms with van der Waals surface area (Å²) in [6.07, 6.45) is 1.53. The molecule has 1 aliphatic heterocycles. The van der Waals surface area contributed by atoms with Gasteiger partial charge in [-0.3, -0.25) is 9.59 Å². The average molecular weight is 384 g/mol. The van der Waals surface area contributed by atoms with Crippen molar-refractivity contribution in [3.8, 4) is 5.75 Å². The molecule has 2 aromatic heterocycles. The Kier molecular flexibility index (Phi) is 4.65. The maximum absolute atomic E-state index is 12.7. The van der Waals surface area contributed by atoms with Crippen molar-refractivity contribution in [1.29, 1.82) is 0 Å². The lowest BCUT2D eigenvalue weighted by atomic mass is 9.89. The van der Waals surface area contributed by atoms with Gasteiger partial charge in [0.1, 0.15) is 5.75 Å². The van der Waals surface area contributed by atoms with Gasteiger partial charge in [0.05, 0.1) is 7.11 Å². The fourth-order valence-corrected chi connectivity index (χ4v) is 4.37. The minimum absolute atomic E-state index is 0.00659. The lowest BCUT2D eigenvalue weighted by molar-refractivity contribution is 0.0900. The Morgan fingerprint density at radius 1 is 1.22 bits per heavy atom. The van der Waals surface area contributed by atoms with E-state index >= 15 is 0 Å². The van der Waals surface area contributed by atoms with E-state index in [4.69, 9.17) is 4.74 Å². The Morgan fingerprint density at radius 2 is 1.93 bits per heavy atom. The van der Waals surface area contributed by atoms with Crippen LogP contribution >= 0.6 is 11.3 Å². The van der Waals surface area contributed by atoms with Gasteiger partial charge in [-0.25, -0.2) is 4.98 Å². The summed E-state index contributed by atoms with van der Waals surface area (Å²) in [6, 6.07) is 8.76. The number of piperidine rings is 1. The van der Waals surface area contributed by atoms with Crippen LogP contribution < -0.4 is 15.2 Å². The number of fused-ring (bicyclic) bond motifs is 1. The van der Waals surface area contributed by atoms with E-state index in [9.17, 15) is 9.59 Å². The number of carbonyl (C=O) groups excluding carboxylic acids is 1. The first-order chi connectivity index (χ1) is 13.0. The van der Waals surface area contributed by atoms with E-state index in [-0.39, 0.29) is 17.3 Å². The zero-order valence-electron chi connectivity index (χ0n) is 15.2. The second-order valence-corrected chi connectivity index (χ2v) is 7.60. The van der Waals surface area contributed by atoms with Crippen LogP contribution in [0.5, 0.6) is 5.75 Å². The Morgan fingerprint density at radius 3 is 2.59 bits per heavy atom. The molecule has 0 spiro atoms. The number of hydrogen-bond acceptors (Lipinski definition) is 7. The second-order valence-electron chi connectivity index (χ2n) is 6.67. The molecule has 0 unspecified atom stereocenters. The number of ketones is 1. The van der Waals surface area contributed by atoms with E-state index in [1.54, 1.807) is 14.0 Å². The summed E-state index contributed by atoms with van der Waals surface area (Å²) >= 11 is 1.41. The Labute approximate surface area is 160 Å². The maximum atomic E-state index is 12.7. The molecule has 1 aromatic carbocycles. The highest BCUT2D eigenvalue weighted by Gasteiger charge is 2.27. The van der Waals surface area contributed by atoms with Gasteiger partial charge in [-0.1, -0.05) is 11.3 Å². The number of hydrogen-bond donors (Lipinski definition) is 0. The quantitative estimate of drug-likeness (QED) is 0.644. The molecule has 4 rings (SSSR count). The molecule has 1 aliphatic rings. The Hall–Kier alpha value is -2.74. The summed E-state index contributed by atoms with van der Waals surface area (Å²) in [7, 11) is 1.61. The van der Waals surface area contributed by atoms with Crippen LogP contribution in [0.2, 0.25) is 0 Å². The lowest BCUT2D eigenvalue weighted by Gasteiger charge is -2.30. The molecule has 0 radical (unpaired) electrons. The van der Waals surface area contributed by atoms with Crippen molar-refractivity contribution in [2.75, 3.05) is 25.1 Å². The van der Waals surface area contributed by atoms with Crippen molar-refractivity contribution < 1.29 is 9.53 Å². The largest absolute Gasteiger partial charge is 0.497 e. The van der Waals surface area contributed by atoms with Gasteiger partial charge in [0, 0.05) is 36.3 Å². The van der Waals surface area contributed by atoms with Crippen LogP contribution in [-0.4, -0.2) is 40.6 Å². The number of nitrogens with zero attached hydrogens (tertiary/aromatic N) is 4. The standard InChI is InChI=1S/C19H20N4O3S/c1-12-11-16(24)23-18(20-12)27-19(21-23)22-9-7-14(8-10-22)17(25)13-3-5-15(26-2)6-4-13/h3-6,11,14H,7-10H2,1-2H3. The average Bonchev–Trinajstić information content (AvgIpc) is 3.12. The van der Waals surface area contributed by atoms with Gasteiger partial charge in [-0.15, -0.1) is 5.10 Å². The third kappa shape index (κ3) is 3.44. The number of methoxy groups -OCH3 is 1. The second kappa shape index (κ2) is 7.11. The molecule has 3 aromatic rings. The molecule has 27 heavy (non-hydrogen) atoms. The number of Topliss-reactive ketones (excluding diaryl/α,β-unsaturated/α-hetero) is 1. The van der Waals surface area contributed by atoms with Crippen molar-refractivity contribution in [1.82, 2.24) is 14.6 Å². The molecule has 0 amide bonds. The highest BCUT2D eigenvalue weighted by atomic mass is 32.1.